The maximum atomic E-state index is 11.4. The van der Waals surface area contributed by atoms with E-state index in [-0.39, 0.29) is 18.4 Å². The van der Waals surface area contributed by atoms with E-state index in [2.05, 4.69) is 44.3 Å². The SMILES string of the molecule is COC(=O)CCN(Cc1cccc(Br)c1)CC1CCNCC1.Cl. The van der Waals surface area contributed by atoms with Crippen LogP contribution in [0.25, 0.3) is 0 Å². The first-order valence-electron chi connectivity index (χ1n) is 7.91. The zero-order chi connectivity index (χ0) is 15.8. The van der Waals surface area contributed by atoms with Crippen LogP contribution in [0.4, 0.5) is 0 Å². The molecule has 0 saturated carbocycles. The molecule has 0 unspecified atom stereocenters. The smallest absolute Gasteiger partial charge is 0.306 e. The maximum absolute atomic E-state index is 11.4. The molecule has 1 aliphatic heterocycles. The minimum Gasteiger partial charge on any atom is -0.469 e. The van der Waals surface area contributed by atoms with Gasteiger partial charge in [-0.15, -0.1) is 12.4 Å². The molecule has 23 heavy (non-hydrogen) atoms. The third-order valence-electron chi connectivity index (χ3n) is 4.13. The fourth-order valence-electron chi connectivity index (χ4n) is 2.91. The molecular formula is C17H26BrClN2O2. The van der Waals surface area contributed by atoms with E-state index in [0.717, 1.165) is 37.2 Å². The van der Waals surface area contributed by atoms with Gasteiger partial charge in [-0.2, -0.15) is 0 Å². The lowest BCUT2D eigenvalue weighted by Crippen LogP contribution is -2.37. The topological polar surface area (TPSA) is 41.6 Å². The number of esters is 1. The molecular weight excluding hydrogens is 380 g/mol. The number of nitrogens with zero attached hydrogens (tertiary/aromatic N) is 1. The molecule has 0 atom stereocenters. The van der Waals surface area contributed by atoms with Crippen LogP contribution in [0, 0.1) is 5.92 Å². The van der Waals surface area contributed by atoms with Crippen molar-refractivity contribution < 1.29 is 9.53 Å². The van der Waals surface area contributed by atoms with E-state index >= 15 is 0 Å². The molecule has 0 spiro atoms. The Morgan fingerprint density at radius 3 is 2.78 bits per heavy atom. The van der Waals surface area contributed by atoms with Crippen molar-refractivity contribution in [2.24, 2.45) is 5.92 Å². The molecule has 1 N–H and O–H groups in total. The van der Waals surface area contributed by atoms with E-state index < -0.39 is 0 Å². The van der Waals surface area contributed by atoms with Crippen LogP contribution in [0.5, 0.6) is 0 Å². The van der Waals surface area contributed by atoms with Crippen molar-refractivity contribution in [2.45, 2.75) is 25.8 Å². The molecule has 1 aliphatic rings. The van der Waals surface area contributed by atoms with Crippen LogP contribution < -0.4 is 5.32 Å². The Labute approximate surface area is 153 Å². The maximum Gasteiger partial charge on any atom is 0.306 e. The molecule has 4 nitrogen and oxygen atoms in total. The summed E-state index contributed by atoms with van der Waals surface area (Å²) in [5.74, 6) is 0.579. The average Bonchev–Trinajstić information content (AvgIpc) is 2.53. The molecule has 1 saturated heterocycles. The lowest BCUT2D eigenvalue weighted by Gasteiger charge is -2.30. The number of benzene rings is 1. The van der Waals surface area contributed by atoms with E-state index in [1.165, 1.54) is 25.5 Å². The Hall–Kier alpha value is -0.620. The second-order valence-corrected chi connectivity index (χ2v) is 6.80. The minimum atomic E-state index is -0.135. The third kappa shape index (κ3) is 7.66. The van der Waals surface area contributed by atoms with Gasteiger partial charge in [-0.3, -0.25) is 9.69 Å². The van der Waals surface area contributed by atoms with Crippen LogP contribution in [0.3, 0.4) is 0 Å². The van der Waals surface area contributed by atoms with Gasteiger partial charge in [-0.25, -0.2) is 0 Å². The number of rotatable bonds is 7. The summed E-state index contributed by atoms with van der Waals surface area (Å²) in [5.41, 5.74) is 1.27. The number of carbonyl (C=O) groups excluding carboxylic acids is 1. The van der Waals surface area contributed by atoms with Crippen LogP contribution in [0.15, 0.2) is 28.7 Å². The summed E-state index contributed by atoms with van der Waals surface area (Å²) >= 11 is 3.52. The van der Waals surface area contributed by atoms with Gasteiger partial charge in [0.15, 0.2) is 0 Å². The summed E-state index contributed by atoms with van der Waals surface area (Å²) in [6.07, 6.45) is 2.88. The summed E-state index contributed by atoms with van der Waals surface area (Å²) in [5, 5.41) is 3.41. The number of methoxy groups -OCH3 is 1. The molecule has 1 heterocycles. The quantitative estimate of drug-likeness (QED) is 0.707. The van der Waals surface area contributed by atoms with Crippen LogP contribution in [-0.2, 0) is 16.1 Å². The first kappa shape index (κ1) is 20.4. The molecule has 6 heteroatoms. The van der Waals surface area contributed by atoms with Gasteiger partial charge in [0.1, 0.15) is 0 Å². The van der Waals surface area contributed by atoms with Crippen LogP contribution >= 0.6 is 28.3 Å². The Morgan fingerprint density at radius 1 is 1.39 bits per heavy atom. The molecule has 0 bridgehead atoms. The van der Waals surface area contributed by atoms with Gasteiger partial charge in [0.05, 0.1) is 13.5 Å². The predicted octanol–water partition coefficient (Wildman–Crippen LogP) is 3.24. The third-order valence-corrected chi connectivity index (χ3v) is 4.62. The molecule has 2 rings (SSSR count). The van der Waals surface area contributed by atoms with Gasteiger partial charge >= 0.3 is 5.97 Å². The van der Waals surface area contributed by atoms with E-state index in [1.807, 2.05) is 6.07 Å². The number of piperidine rings is 1. The van der Waals surface area contributed by atoms with Gasteiger partial charge < -0.3 is 10.1 Å². The van der Waals surface area contributed by atoms with E-state index in [9.17, 15) is 4.79 Å². The highest BCUT2D eigenvalue weighted by atomic mass is 79.9. The first-order valence-corrected chi connectivity index (χ1v) is 8.71. The fourth-order valence-corrected chi connectivity index (χ4v) is 3.36. The van der Waals surface area contributed by atoms with Gasteiger partial charge in [0.25, 0.3) is 0 Å². The lowest BCUT2D eigenvalue weighted by molar-refractivity contribution is -0.141. The molecule has 1 aromatic rings. The van der Waals surface area contributed by atoms with E-state index in [4.69, 9.17) is 4.74 Å². The molecule has 0 aromatic heterocycles. The second-order valence-electron chi connectivity index (χ2n) is 5.88. The van der Waals surface area contributed by atoms with Crippen molar-refractivity contribution in [2.75, 3.05) is 33.3 Å². The number of hydrogen-bond acceptors (Lipinski definition) is 4. The standard InChI is InChI=1S/C17H25BrN2O2.ClH/c1-22-17(21)7-10-20(12-14-5-8-19-9-6-14)13-15-3-2-4-16(18)11-15;/h2-4,11,14,19H,5-10,12-13H2,1H3;1H. The largest absolute Gasteiger partial charge is 0.469 e. The second kappa shape index (κ2) is 11.0. The number of carbonyl (C=O) groups is 1. The number of hydrogen-bond donors (Lipinski definition) is 1. The zero-order valence-electron chi connectivity index (χ0n) is 13.6. The molecule has 130 valence electrons. The van der Waals surface area contributed by atoms with Crippen molar-refractivity contribution >= 4 is 34.3 Å². The first-order chi connectivity index (χ1) is 10.7. The fraction of sp³-hybridized carbons (Fsp3) is 0.588. The van der Waals surface area contributed by atoms with Gasteiger partial charge in [-0.1, -0.05) is 28.1 Å². The molecule has 1 aromatic carbocycles. The van der Waals surface area contributed by atoms with E-state index in [1.54, 1.807) is 0 Å². The van der Waals surface area contributed by atoms with Crippen molar-refractivity contribution in [3.8, 4) is 0 Å². The Morgan fingerprint density at radius 2 is 2.13 bits per heavy atom. The van der Waals surface area contributed by atoms with Crippen molar-refractivity contribution in [3.05, 3.63) is 34.3 Å². The summed E-state index contributed by atoms with van der Waals surface area (Å²) in [4.78, 5) is 13.8. The Kier molecular flexibility index (Phi) is 9.79. The predicted molar refractivity (Wildman–Crippen MR) is 98.9 cm³/mol. The highest BCUT2D eigenvalue weighted by Crippen LogP contribution is 2.18. The summed E-state index contributed by atoms with van der Waals surface area (Å²) in [7, 11) is 1.45. The zero-order valence-corrected chi connectivity index (χ0v) is 16.0. The van der Waals surface area contributed by atoms with Crippen LogP contribution in [0.1, 0.15) is 24.8 Å². The molecule has 1 fully saturated rings. The minimum absolute atomic E-state index is 0. The molecule has 0 radical (unpaired) electrons. The van der Waals surface area contributed by atoms with Crippen molar-refractivity contribution in [3.63, 3.8) is 0 Å². The summed E-state index contributed by atoms with van der Waals surface area (Å²) < 4.78 is 5.87. The van der Waals surface area contributed by atoms with Crippen LogP contribution in [0.2, 0.25) is 0 Å². The number of ether oxygens (including phenoxy) is 1. The van der Waals surface area contributed by atoms with Gasteiger partial charge in [0, 0.05) is 24.1 Å². The lowest BCUT2D eigenvalue weighted by atomic mass is 9.97. The van der Waals surface area contributed by atoms with Crippen LogP contribution in [-0.4, -0.2) is 44.2 Å². The summed E-state index contributed by atoms with van der Waals surface area (Å²) in [6, 6.07) is 8.38. The number of halogens is 2. The van der Waals surface area contributed by atoms with Crippen molar-refractivity contribution in [1.82, 2.24) is 10.2 Å². The van der Waals surface area contributed by atoms with Gasteiger partial charge in [-0.05, 0) is 49.5 Å². The Balaban J connectivity index is 0.00000264. The summed E-state index contributed by atoms with van der Waals surface area (Å²) in [6.45, 7) is 4.88. The van der Waals surface area contributed by atoms with Crippen molar-refractivity contribution in [1.29, 1.82) is 0 Å². The number of nitrogens with one attached hydrogen (secondary N) is 1. The normalized spacial score (nSPS) is 15.3. The van der Waals surface area contributed by atoms with Gasteiger partial charge in [0.2, 0.25) is 0 Å². The monoisotopic (exact) mass is 404 g/mol. The molecule has 0 aliphatic carbocycles. The Bertz CT molecular complexity index is 481. The highest BCUT2D eigenvalue weighted by Gasteiger charge is 2.18. The van der Waals surface area contributed by atoms with E-state index in [0.29, 0.717) is 12.3 Å². The highest BCUT2D eigenvalue weighted by molar-refractivity contribution is 9.10. The molecule has 0 amide bonds. The average molecular weight is 406 g/mol.